The lowest BCUT2D eigenvalue weighted by atomic mass is 10.1. The van der Waals surface area contributed by atoms with E-state index in [1.54, 1.807) is 13.0 Å². The fraction of sp³-hybridized carbons (Fsp3) is 0.467. The molecule has 1 fully saturated rings. The van der Waals surface area contributed by atoms with Gasteiger partial charge in [0, 0.05) is 36.8 Å². The van der Waals surface area contributed by atoms with Crippen molar-refractivity contribution in [2.75, 3.05) is 39.4 Å². The molecule has 0 atom stereocenters. The summed E-state index contributed by atoms with van der Waals surface area (Å²) in [5, 5.41) is 18.2. The monoisotopic (exact) mass is 390 g/mol. The third kappa shape index (κ3) is 5.75. The summed E-state index contributed by atoms with van der Waals surface area (Å²) in [5.41, 5.74) is 3.73. The molecule has 0 unspecified atom stereocenters. The van der Waals surface area contributed by atoms with E-state index in [4.69, 9.17) is 40.2 Å². The van der Waals surface area contributed by atoms with Gasteiger partial charge in [0.25, 0.3) is 0 Å². The number of halogens is 2. The molecule has 132 valence electrons. The van der Waals surface area contributed by atoms with Crippen LogP contribution in [0.25, 0.3) is 0 Å². The van der Waals surface area contributed by atoms with Crippen molar-refractivity contribution in [3.8, 4) is 5.75 Å². The zero-order valence-electron chi connectivity index (χ0n) is 13.3. The van der Waals surface area contributed by atoms with E-state index >= 15 is 0 Å². The highest BCUT2D eigenvalue weighted by Gasteiger charge is 2.11. The SMILES string of the molecule is C/C(=N\NC(=S)NCCN1CCOCC1)c1cc(Cl)cc(Cl)c1O. The Balaban J connectivity index is 1.82. The molecule has 0 radical (unpaired) electrons. The number of aromatic hydroxyl groups is 1. The predicted octanol–water partition coefficient (Wildman–Crippen LogP) is 2.22. The van der Waals surface area contributed by atoms with Gasteiger partial charge in [-0.25, -0.2) is 0 Å². The van der Waals surface area contributed by atoms with Gasteiger partial charge in [-0.3, -0.25) is 10.3 Å². The second-order valence-corrected chi connectivity index (χ2v) is 6.55. The highest BCUT2D eigenvalue weighted by Crippen LogP contribution is 2.31. The van der Waals surface area contributed by atoms with Crippen LogP contribution in [0.5, 0.6) is 5.75 Å². The number of nitrogens with one attached hydrogen (secondary N) is 2. The molecule has 0 amide bonds. The number of phenolic OH excluding ortho intramolecular Hbond substituents is 1. The first kappa shape index (κ1) is 19.2. The maximum absolute atomic E-state index is 9.98. The van der Waals surface area contributed by atoms with Gasteiger partial charge in [0.05, 0.1) is 23.9 Å². The maximum Gasteiger partial charge on any atom is 0.187 e. The van der Waals surface area contributed by atoms with Crippen LogP contribution < -0.4 is 10.7 Å². The minimum absolute atomic E-state index is 0.0599. The van der Waals surface area contributed by atoms with E-state index in [0.29, 0.717) is 28.0 Å². The van der Waals surface area contributed by atoms with Crippen molar-refractivity contribution in [2.45, 2.75) is 6.92 Å². The lowest BCUT2D eigenvalue weighted by molar-refractivity contribution is 0.0389. The van der Waals surface area contributed by atoms with Gasteiger partial charge in [-0.05, 0) is 31.3 Å². The molecule has 2 rings (SSSR count). The molecule has 0 saturated carbocycles. The summed E-state index contributed by atoms with van der Waals surface area (Å²) in [5.74, 6) is -0.0599. The molecule has 0 aromatic heterocycles. The summed E-state index contributed by atoms with van der Waals surface area (Å²) in [6, 6.07) is 3.07. The Labute approximate surface area is 156 Å². The lowest BCUT2D eigenvalue weighted by Gasteiger charge is -2.26. The molecule has 1 aromatic rings. The standard InChI is InChI=1S/C15H20Cl2N4O2S/c1-10(12-8-11(16)9-13(17)14(12)22)19-20-15(24)18-2-3-21-4-6-23-7-5-21/h8-9,22H,2-7H2,1H3,(H2,18,20,24)/b19-10+. The highest BCUT2D eigenvalue weighted by molar-refractivity contribution is 7.80. The molecule has 6 nitrogen and oxygen atoms in total. The second-order valence-electron chi connectivity index (χ2n) is 5.30. The second kappa shape index (κ2) is 9.39. The van der Waals surface area contributed by atoms with E-state index in [1.165, 1.54) is 6.07 Å². The van der Waals surface area contributed by atoms with Crippen LogP contribution >= 0.6 is 35.4 Å². The Morgan fingerprint density at radius 2 is 2.08 bits per heavy atom. The molecule has 1 aliphatic heterocycles. The summed E-state index contributed by atoms with van der Waals surface area (Å²) in [6.07, 6.45) is 0. The van der Waals surface area contributed by atoms with Crippen LogP contribution in [0, 0.1) is 0 Å². The van der Waals surface area contributed by atoms with E-state index in [1.807, 2.05) is 0 Å². The quantitative estimate of drug-likeness (QED) is 0.406. The van der Waals surface area contributed by atoms with Gasteiger partial charge in [-0.1, -0.05) is 23.2 Å². The van der Waals surface area contributed by atoms with Gasteiger partial charge in [0.15, 0.2) is 5.11 Å². The van der Waals surface area contributed by atoms with Crippen LogP contribution in [0.3, 0.4) is 0 Å². The van der Waals surface area contributed by atoms with Crippen molar-refractivity contribution in [3.63, 3.8) is 0 Å². The largest absolute Gasteiger partial charge is 0.506 e. The van der Waals surface area contributed by atoms with Gasteiger partial charge in [-0.2, -0.15) is 5.10 Å². The zero-order valence-corrected chi connectivity index (χ0v) is 15.6. The van der Waals surface area contributed by atoms with E-state index < -0.39 is 0 Å². The van der Waals surface area contributed by atoms with Crippen LogP contribution in [0.1, 0.15) is 12.5 Å². The van der Waals surface area contributed by atoms with Crippen molar-refractivity contribution in [3.05, 3.63) is 27.7 Å². The van der Waals surface area contributed by atoms with Crippen LogP contribution in [-0.2, 0) is 4.74 Å². The van der Waals surface area contributed by atoms with Gasteiger partial charge in [-0.15, -0.1) is 0 Å². The topological polar surface area (TPSA) is 69.1 Å². The number of thiocarbonyl (C=S) groups is 1. The molecule has 0 spiro atoms. The summed E-state index contributed by atoms with van der Waals surface area (Å²) >= 11 is 17.0. The van der Waals surface area contributed by atoms with Crippen molar-refractivity contribution in [2.24, 2.45) is 5.10 Å². The summed E-state index contributed by atoms with van der Waals surface area (Å²) in [7, 11) is 0. The number of benzene rings is 1. The van der Waals surface area contributed by atoms with Crippen LogP contribution in [-0.4, -0.2) is 60.2 Å². The number of nitrogens with zero attached hydrogens (tertiary/aromatic N) is 2. The van der Waals surface area contributed by atoms with Gasteiger partial charge < -0.3 is 15.2 Å². The minimum atomic E-state index is -0.0599. The number of phenols is 1. The van der Waals surface area contributed by atoms with Crippen LogP contribution in [0.2, 0.25) is 10.0 Å². The average Bonchev–Trinajstić information content (AvgIpc) is 2.57. The Kier molecular flexibility index (Phi) is 7.51. The van der Waals surface area contributed by atoms with Gasteiger partial charge in [0.1, 0.15) is 5.75 Å². The van der Waals surface area contributed by atoms with Gasteiger partial charge in [0.2, 0.25) is 0 Å². The smallest absolute Gasteiger partial charge is 0.187 e. The Morgan fingerprint density at radius 1 is 1.38 bits per heavy atom. The fourth-order valence-corrected chi connectivity index (χ4v) is 2.87. The molecule has 1 aromatic carbocycles. The molecule has 1 heterocycles. The predicted molar refractivity (Wildman–Crippen MR) is 101 cm³/mol. The molecular weight excluding hydrogens is 371 g/mol. The molecular formula is C15H20Cl2N4O2S. The molecule has 0 aliphatic carbocycles. The van der Waals surface area contributed by atoms with Crippen molar-refractivity contribution in [1.29, 1.82) is 0 Å². The number of ether oxygens (including phenoxy) is 1. The zero-order chi connectivity index (χ0) is 17.5. The number of rotatable bonds is 5. The summed E-state index contributed by atoms with van der Waals surface area (Å²) in [6.45, 7) is 6.76. The number of hydrogen-bond donors (Lipinski definition) is 3. The minimum Gasteiger partial charge on any atom is -0.506 e. The molecule has 9 heteroatoms. The molecule has 3 N–H and O–H groups in total. The summed E-state index contributed by atoms with van der Waals surface area (Å²) < 4.78 is 5.30. The third-order valence-electron chi connectivity index (χ3n) is 3.56. The molecule has 0 bridgehead atoms. The molecule has 1 saturated heterocycles. The maximum atomic E-state index is 9.98. The first-order chi connectivity index (χ1) is 11.5. The third-order valence-corrected chi connectivity index (χ3v) is 4.30. The Hall–Kier alpha value is -1.12. The lowest BCUT2D eigenvalue weighted by Crippen LogP contribution is -2.42. The van der Waals surface area contributed by atoms with E-state index in [-0.39, 0.29) is 10.8 Å². The molecule has 1 aliphatic rings. The van der Waals surface area contributed by atoms with Crippen molar-refractivity contribution >= 4 is 46.2 Å². The number of hydrogen-bond acceptors (Lipinski definition) is 5. The first-order valence-electron chi connectivity index (χ1n) is 7.54. The fourth-order valence-electron chi connectivity index (χ4n) is 2.23. The average molecular weight is 391 g/mol. The summed E-state index contributed by atoms with van der Waals surface area (Å²) in [4.78, 5) is 2.31. The Morgan fingerprint density at radius 3 is 2.79 bits per heavy atom. The van der Waals surface area contributed by atoms with Gasteiger partial charge >= 0.3 is 0 Å². The normalized spacial score (nSPS) is 16.0. The van der Waals surface area contributed by atoms with Crippen LogP contribution in [0.15, 0.2) is 17.2 Å². The number of hydrazone groups is 1. The van der Waals surface area contributed by atoms with Crippen molar-refractivity contribution in [1.82, 2.24) is 15.6 Å². The Bertz CT molecular complexity index is 622. The van der Waals surface area contributed by atoms with E-state index in [9.17, 15) is 5.11 Å². The van der Waals surface area contributed by atoms with Crippen LogP contribution in [0.4, 0.5) is 0 Å². The molecule has 24 heavy (non-hydrogen) atoms. The number of morpholine rings is 1. The van der Waals surface area contributed by atoms with E-state index in [0.717, 1.165) is 32.8 Å². The highest BCUT2D eigenvalue weighted by atomic mass is 35.5. The first-order valence-corrected chi connectivity index (χ1v) is 8.70. The van der Waals surface area contributed by atoms with E-state index in [2.05, 4.69) is 20.7 Å². The van der Waals surface area contributed by atoms with Crippen molar-refractivity contribution < 1.29 is 9.84 Å².